The second kappa shape index (κ2) is 12.2. The third-order valence-electron chi connectivity index (χ3n) is 12.7. The van der Waals surface area contributed by atoms with Gasteiger partial charge in [0.15, 0.2) is 6.29 Å². The van der Waals surface area contributed by atoms with Gasteiger partial charge in [0.25, 0.3) is 0 Å². The van der Waals surface area contributed by atoms with Crippen LogP contribution in [0.1, 0.15) is 92.4 Å². The van der Waals surface area contributed by atoms with Crippen molar-refractivity contribution in [2.75, 3.05) is 6.61 Å². The van der Waals surface area contributed by atoms with Crippen molar-refractivity contribution >= 4 is 0 Å². The standard InChI is InChI=1S/C35H56O6/c1-7-22(20(2)3)9-8-21(4)26-12-13-27-25-11-10-23-18-24(14-16-34(23,5)28(25)15-17-35(26,27)6)40-33-32(39)31(38)30(37)29(19-36)41-33/h8-10,21-22,24-33,36-39H,2,7,11-19H2,1,3-6H3/b9-8+/t21-,22+,24+,25+,26-,27+,28+,29-,30-,31+,32-,33-,34+,35-/m1/s1. The summed E-state index contributed by atoms with van der Waals surface area (Å²) in [5.41, 5.74) is 3.33. The van der Waals surface area contributed by atoms with Gasteiger partial charge in [-0.05, 0) is 111 Å². The summed E-state index contributed by atoms with van der Waals surface area (Å²) in [4.78, 5) is 0. The monoisotopic (exact) mass is 572 g/mol. The van der Waals surface area contributed by atoms with Gasteiger partial charge in [-0.3, -0.25) is 0 Å². The molecule has 6 heteroatoms. The number of fused-ring (bicyclic) bond motifs is 5. The number of rotatable bonds is 8. The first-order valence-corrected chi connectivity index (χ1v) is 16.4. The third kappa shape index (κ3) is 5.55. The predicted molar refractivity (Wildman–Crippen MR) is 161 cm³/mol. The zero-order valence-corrected chi connectivity index (χ0v) is 26.0. The summed E-state index contributed by atoms with van der Waals surface area (Å²) in [7, 11) is 0. The van der Waals surface area contributed by atoms with Crippen LogP contribution in [0.2, 0.25) is 0 Å². The average molecular weight is 573 g/mol. The molecule has 1 aliphatic heterocycles. The number of allylic oxidation sites excluding steroid dienone is 4. The second-order valence-electron chi connectivity index (χ2n) is 14.8. The molecule has 1 heterocycles. The molecular formula is C35H56O6. The Morgan fingerprint density at radius 1 is 1.07 bits per heavy atom. The van der Waals surface area contributed by atoms with Crippen LogP contribution in [0.15, 0.2) is 36.0 Å². The molecule has 0 amide bonds. The molecule has 0 aromatic rings. The van der Waals surface area contributed by atoms with Gasteiger partial charge in [-0.15, -0.1) is 0 Å². The lowest BCUT2D eigenvalue weighted by Crippen LogP contribution is -2.60. The molecule has 1 saturated heterocycles. The van der Waals surface area contributed by atoms with E-state index < -0.39 is 37.3 Å². The van der Waals surface area contributed by atoms with Crippen LogP contribution < -0.4 is 0 Å². The van der Waals surface area contributed by atoms with E-state index in [0.717, 1.165) is 49.9 Å². The van der Waals surface area contributed by atoms with Crippen molar-refractivity contribution in [3.63, 3.8) is 0 Å². The average Bonchev–Trinajstić information content (AvgIpc) is 3.30. The van der Waals surface area contributed by atoms with Gasteiger partial charge in [0.05, 0.1) is 12.7 Å². The first-order chi connectivity index (χ1) is 19.4. The van der Waals surface area contributed by atoms with Gasteiger partial charge in [0.2, 0.25) is 0 Å². The topological polar surface area (TPSA) is 99.4 Å². The minimum absolute atomic E-state index is 0.115. The van der Waals surface area contributed by atoms with E-state index in [4.69, 9.17) is 9.47 Å². The highest BCUT2D eigenvalue weighted by molar-refractivity contribution is 5.26. The van der Waals surface area contributed by atoms with Crippen LogP contribution >= 0.6 is 0 Å². The van der Waals surface area contributed by atoms with E-state index in [1.54, 1.807) is 0 Å². The summed E-state index contributed by atoms with van der Waals surface area (Å²) < 4.78 is 11.9. The largest absolute Gasteiger partial charge is 0.394 e. The molecule has 6 nitrogen and oxygen atoms in total. The smallest absolute Gasteiger partial charge is 0.186 e. The highest BCUT2D eigenvalue weighted by atomic mass is 16.7. The molecule has 0 spiro atoms. The Hall–Kier alpha value is -1.02. The molecule has 5 rings (SSSR count). The van der Waals surface area contributed by atoms with Crippen LogP contribution in [0.4, 0.5) is 0 Å². The van der Waals surface area contributed by atoms with E-state index in [-0.39, 0.29) is 11.5 Å². The molecule has 4 aliphatic carbocycles. The van der Waals surface area contributed by atoms with Gasteiger partial charge in [-0.1, -0.05) is 63.6 Å². The molecule has 5 aliphatic rings. The van der Waals surface area contributed by atoms with E-state index in [9.17, 15) is 20.4 Å². The van der Waals surface area contributed by atoms with Crippen LogP contribution in [0.25, 0.3) is 0 Å². The Balaban J connectivity index is 1.26. The zero-order chi connectivity index (χ0) is 29.7. The third-order valence-corrected chi connectivity index (χ3v) is 12.7. The molecule has 0 aromatic carbocycles. The Morgan fingerprint density at radius 2 is 1.83 bits per heavy atom. The molecule has 0 bridgehead atoms. The van der Waals surface area contributed by atoms with E-state index >= 15 is 0 Å². The molecule has 4 fully saturated rings. The zero-order valence-electron chi connectivity index (χ0n) is 26.0. The van der Waals surface area contributed by atoms with E-state index in [0.29, 0.717) is 23.2 Å². The lowest BCUT2D eigenvalue weighted by molar-refractivity contribution is -0.313. The van der Waals surface area contributed by atoms with Crippen molar-refractivity contribution in [3.8, 4) is 0 Å². The van der Waals surface area contributed by atoms with Crippen molar-refractivity contribution in [2.24, 2.45) is 46.3 Å². The SMILES string of the molecule is C=C(C)[C@H](/C=C/[C@@H](C)[C@H]1CC[C@H]2[C@@H]3CC=C4C[C@@H](O[C@@H]5O[C@H](CO)[C@@H](O)[C@H](O)[C@H]5O)CC[C@]4(C)[C@H]3CC[C@]12C)CC. The van der Waals surface area contributed by atoms with Crippen LogP contribution in [-0.2, 0) is 9.47 Å². The fraction of sp³-hybridized carbons (Fsp3) is 0.829. The first kappa shape index (κ1) is 31.4. The number of aliphatic hydroxyl groups is 4. The summed E-state index contributed by atoms with van der Waals surface area (Å²) >= 11 is 0. The van der Waals surface area contributed by atoms with Crippen LogP contribution in [-0.4, -0.2) is 63.8 Å². The Morgan fingerprint density at radius 3 is 2.51 bits per heavy atom. The van der Waals surface area contributed by atoms with Gasteiger partial charge in [0.1, 0.15) is 24.4 Å². The molecule has 41 heavy (non-hydrogen) atoms. The van der Waals surface area contributed by atoms with Crippen molar-refractivity contribution in [1.29, 1.82) is 0 Å². The van der Waals surface area contributed by atoms with Gasteiger partial charge >= 0.3 is 0 Å². The highest BCUT2D eigenvalue weighted by Gasteiger charge is 2.59. The van der Waals surface area contributed by atoms with Crippen molar-refractivity contribution in [3.05, 3.63) is 36.0 Å². The molecule has 0 radical (unpaired) electrons. The Bertz CT molecular complexity index is 1000. The van der Waals surface area contributed by atoms with Crippen molar-refractivity contribution in [2.45, 2.75) is 129 Å². The quantitative estimate of drug-likeness (QED) is 0.285. The Kier molecular flexibility index (Phi) is 9.32. The summed E-state index contributed by atoms with van der Waals surface area (Å²) in [6, 6.07) is 0. The van der Waals surface area contributed by atoms with E-state index in [2.05, 4.69) is 59.4 Å². The minimum atomic E-state index is -1.40. The number of ether oxygens (including phenoxy) is 2. The summed E-state index contributed by atoms with van der Waals surface area (Å²) in [5.74, 6) is 4.04. The molecule has 232 valence electrons. The van der Waals surface area contributed by atoms with E-state index in [1.165, 1.54) is 36.8 Å². The van der Waals surface area contributed by atoms with Gasteiger partial charge in [0, 0.05) is 0 Å². The number of hydrogen-bond donors (Lipinski definition) is 4. The molecule has 14 atom stereocenters. The minimum Gasteiger partial charge on any atom is -0.394 e. The maximum absolute atomic E-state index is 10.5. The lowest BCUT2D eigenvalue weighted by Gasteiger charge is -2.58. The summed E-state index contributed by atoms with van der Waals surface area (Å²) in [5, 5.41) is 40.4. The normalized spacial score (nSPS) is 47.7. The summed E-state index contributed by atoms with van der Waals surface area (Å²) in [6.45, 7) is 15.7. The molecule has 0 unspecified atom stereocenters. The number of hydrogen-bond acceptors (Lipinski definition) is 6. The Labute approximate surface area is 247 Å². The van der Waals surface area contributed by atoms with Gasteiger partial charge < -0.3 is 29.9 Å². The predicted octanol–water partition coefficient (Wildman–Crippen LogP) is 5.55. The molecule has 3 saturated carbocycles. The lowest BCUT2D eigenvalue weighted by atomic mass is 9.47. The van der Waals surface area contributed by atoms with E-state index in [1.807, 2.05) is 0 Å². The van der Waals surface area contributed by atoms with Crippen LogP contribution in [0.3, 0.4) is 0 Å². The fourth-order valence-corrected chi connectivity index (χ4v) is 10.1. The maximum Gasteiger partial charge on any atom is 0.186 e. The van der Waals surface area contributed by atoms with Crippen molar-refractivity contribution in [1.82, 2.24) is 0 Å². The van der Waals surface area contributed by atoms with Crippen LogP contribution in [0.5, 0.6) is 0 Å². The molecule has 4 N–H and O–H groups in total. The highest BCUT2D eigenvalue weighted by Crippen LogP contribution is 2.67. The van der Waals surface area contributed by atoms with Crippen molar-refractivity contribution < 1.29 is 29.9 Å². The second-order valence-corrected chi connectivity index (χ2v) is 14.8. The van der Waals surface area contributed by atoms with Crippen LogP contribution in [0, 0.1) is 46.3 Å². The van der Waals surface area contributed by atoms with Gasteiger partial charge in [-0.2, -0.15) is 0 Å². The summed E-state index contributed by atoms with van der Waals surface area (Å²) in [6.07, 6.45) is 11.5. The fourth-order valence-electron chi connectivity index (χ4n) is 10.1. The molecular weight excluding hydrogens is 516 g/mol. The number of aliphatic hydroxyl groups excluding tert-OH is 4. The first-order valence-electron chi connectivity index (χ1n) is 16.4. The van der Waals surface area contributed by atoms with Gasteiger partial charge in [-0.25, -0.2) is 0 Å². The maximum atomic E-state index is 10.5. The molecule has 0 aromatic heterocycles.